The highest BCUT2D eigenvalue weighted by molar-refractivity contribution is 5.94. The molecule has 1 aliphatic rings. The largest absolute Gasteiger partial charge is 0.501 e. The van der Waals surface area contributed by atoms with Gasteiger partial charge in [0.15, 0.2) is 23.9 Å². The Balaban J connectivity index is 1.41. The van der Waals surface area contributed by atoms with Gasteiger partial charge in [0.05, 0.1) is 12.6 Å². The number of H-pyrrole nitrogens is 1. The van der Waals surface area contributed by atoms with Crippen LogP contribution in [0.3, 0.4) is 0 Å². The van der Waals surface area contributed by atoms with Crippen LogP contribution >= 0.6 is 0 Å². The molecular formula is C25H25FN4O6. The number of rotatable bonds is 9. The number of aromatic amines is 1. The molecule has 0 bridgehead atoms. The van der Waals surface area contributed by atoms with Gasteiger partial charge in [-0.05, 0) is 37.1 Å². The highest BCUT2D eigenvalue weighted by Crippen LogP contribution is 2.30. The summed E-state index contributed by atoms with van der Waals surface area (Å²) in [4.78, 5) is 45.8. The number of nitrogens with zero attached hydrogens (tertiary/aromatic N) is 2. The first-order valence-electron chi connectivity index (χ1n) is 11.4. The molecule has 3 aromatic rings. The zero-order chi connectivity index (χ0) is 25.5. The minimum absolute atomic E-state index is 0.0482. The Morgan fingerprint density at radius 1 is 1.14 bits per heavy atom. The summed E-state index contributed by atoms with van der Waals surface area (Å²) in [6.07, 6.45) is 1.10. The van der Waals surface area contributed by atoms with Gasteiger partial charge in [-0.2, -0.15) is 0 Å². The van der Waals surface area contributed by atoms with E-state index in [1.165, 1.54) is 23.1 Å². The van der Waals surface area contributed by atoms with E-state index in [4.69, 9.17) is 9.47 Å². The predicted molar refractivity (Wildman–Crippen MR) is 126 cm³/mol. The van der Waals surface area contributed by atoms with Crippen molar-refractivity contribution in [2.45, 2.75) is 18.9 Å². The average molecular weight is 496 g/mol. The van der Waals surface area contributed by atoms with E-state index in [9.17, 15) is 23.9 Å². The fourth-order valence-electron chi connectivity index (χ4n) is 3.87. The van der Waals surface area contributed by atoms with Crippen LogP contribution in [-0.4, -0.2) is 58.1 Å². The van der Waals surface area contributed by atoms with Gasteiger partial charge in [0, 0.05) is 6.54 Å². The molecule has 3 N–H and O–H groups in total. The number of hydrogen-bond acceptors (Lipinski definition) is 7. The topological polar surface area (TPSA) is 134 Å². The van der Waals surface area contributed by atoms with Crippen LogP contribution in [0.15, 0.2) is 59.4 Å². The number of hydrogen-bond donors (Lipinski definition) is 3. The summed E-state index contributed by atoms with van der Waals surface area (Å²) in [5.74, 6) is -1.93. The number of halogens is 1. The van der Waals surface area contributed by atoms with Gasteiger partial charge in [-0.1, -0.05) is 30.3 Å². The van der Waals surface area contributed by atoms with Gasteiger partial charge in [0.2, 0.25) is 5.75 Å². The predicted octanol–water partition coefficient (Wildman–Crippen LogP) is 2.17. The van der Waals surface area contributed by atoms with Gasteiger partial charge < -0.3 is 29.8 Å². The van der Waals surface area contributed by atoms with Crippen molar-refractivity contribution < 1.29 is 28.6 Å². The fourth-order valence-corrected chi connectivity index (χ4v) is 3.87. The van der Waals surface area contributed by atoms with Crippen molar-refractivity contribution in [1.82, 2.24) is 20.2 Å². The summed E-state index contributed by atoms with van der Waals surface area (Å²) >= 11 is 0. The summed E-state index contributed by atoms with van der Waals surface area (Å²) in [7, 11) is 0. The van der Waals surface area contributed by atoms with Gasteiger partial charge in [-0.15, -0.1) is 0 Å². The molecule has 2 heterocycles. The third-order valence-corrected chi connectivity index (χ3v) is 5.60. The smallest absolute Gasteiger partial charge is 0.294 e. The molecule has 1 aromatic heterocycles. The van der Waals surface area contributed by atoms with Crippen LogP contribution in [-0.2, 0) is 4.79 Å². The second kappa shape index (κ2) is 11.3. The van der Waals surface area contributed by atoms with Crippen LogP contribution in [0, 0.1) is 5.82 Å². The maximum atomic E-state index is 13.8. The van der Waals surface area contributed by atoms with E-state index >= 15 is 0 Å². The lowest BCUT2D eigenvalue weighted by Gasteiger charge is -2.24. The molecule has 2 aromatic carbocycles. The minimum Gasteiger partial charge on any atom is -0.501 e. The van der Waals surface area contributed by atoms with Crippen LogP contribution in [0.25, 0.3) is 0 Å². The number of carbonyl (C=O) groups excluding carboxylic acids is 2. The molecular weight excluding hydrogens is 471 g/mol. The maximum absolute atomic E-state index is 13.8. The molecule has 36 heavy (non-hydrogen) atoms. The zero-order valence-electron chi connectivity index (χ0n) is 19.3. The SMILES string of the molecule is O=C(NCCOc1ccccc1)c1nc([C@@H]2CCCN2C(=O)COc2ccccc2F)[nH]c(=O)c1O. The van der Waals surface area contributed by atoms with Crippen molar-refractivity contribution in [1.29, 1.82) is 0 Å². The fraction of sp³-hybridized carbons (Fsp3) is 0.280. The molecule has 4 rings (SSSR count). The molecule has 1 fully saturated rings. The van der Waals surface area contributed by atoms with Crippen LogP contribution in [0.4, 0.5) is 4.39 Å². The van der Waals surface area contributed by atoms with Crippen molar-refractivity contribution in [3.63, 3.8) is 0 Å². The summed E-state index contributed by atoms with van der Waals surface area (Å²) in [6, 6.07) is 14.1. The normalized spacial score (nSPS) is 14.9. The number of nitrogens with one attached hydrogen (secondary N) is 2. The van der Waals surface area contributed by atoms with Gasteiger partial charge in [-0.25, -0.2) is 9.37 Å². The highest BCUT2D eigenvalue weighted by atomic mass is 19.1. The number of likely N-dealkylation sites (tertiary alicyclic amines) is 1. The van der Waals surface area contributed by atoms with Crippen LogP contribution in [0.5, 0.6) is 17.2 Å². The third-order valence-electron chi connectivity index (χ3n) is 5.60. The first-order valence-corrected chi connectivity index (χ1v) is 11.4. The molecule has 0 radical (unpaired) electrons. The lowest BCUT2D eigenvalue weighted by molar-refractivity contribution is -0.134. The molecule has 0 saturated carbocycles. The van der Waals surface area contributed by atoms with E-state index in [0.29, 0.717) is 25.1 Å². The molecule has 1 saturated heterocycles. The average Bonchev–Trinajstić information content (AvgIpc) is 3.38. The standard InChI is InChI=1S/C25H25FN4O6/c26-17-9-4-5-11-19(17)36-15-20(31)30-13-6-10-18(30)23-28-21(22(32)25(34)29-23)24(33)27-12-14-35-16-7-2-1-3-8-16/h1-5,7-9,11,18,32H,6,10,12-15H2,(H,27,33)(H,28,29,34)/t18-/m0/s1. The maximum Gasteiger partial charge on any atom is 0.294 e. The molecule has 10 nitrogen and oxygen atoms in total. The van der Waals surface area contributed by atoms with Crippen molar-refractivity contribution >= 4 is 11.8 Å². The number of amides is 2. The minimum atomic E-state index is -0.896. The zero-order valence-corrected chi connectivity index (χ0v) is 19.3. The van der Waals surface area contributed by atoms with E-state index < -0.39 is 47.3 Å². The van der Waals surface area contributed by atoms with Gasteiger partial charge >= 0.3 is 0 Å². The second-order valence-electron chi connectivity index (χ2n) is 8.03. The number of aromatic nitrogens is 2. The Morgan fingerprint density at radius 2 is 1.89 bits per heavy atom. The Bertz CT molecular complexity index is 1280. The molecule has 11 heteroatoms. The molecule has 1 aliphatic heterocycles. The Hall–Kier alpha value is -4.41. The van der Waals surface area contributed by atoms with Crippen LogP contribution < -0.4 is 20.3 Å². The van der Waals surface area contributed by atoms with E-state index in [-0.39, 0.29) is 24.7 Å². The molecule has 0 aliphatic carbocycles. The van der Waals surface area contributed by atoms with E-state index in [1.54, 1.807) is 18.2 Å². The monoisotopic (exact) mass is 496 g/mol. The van der Waals surface area contributed by atoms with Crippen molar-refractivity contribution in [2.75, 3.05) is 26.3 Å². The Kier molecular flexibility index (Phi) is 7.79. The highest BCUT2D eigenvalue weighted by Gasteiger charge is 2.33. The molecule has 188 valence electrons. The van der Waals surface area contributed by atoms with Crippen molar-refractivity contribution in [2.24, 2.45) is 0 Å². The number of carbonyl (C=O) groups is 2. The Labute approximate surface area is 205 Å². The molecule has 1 atom stereocenters. The second-order valence-corrected chi connectivity index (χ2v) is 8.03. The van der Waals surface area contributed by atoms with Gasteiger partial charge in [0.25, 0.3) is 17.4 Å². The summed E-state index contributed by atoms with van der Waals surface area (Å²) in [5.41, 5.74) is -1.34. The van der Waals surface area contributed by atoms with Crippen LogP contribution in [0.1, 0.15) is 35.2 Å². The number of ether oxygens (including phenoxy) is 2. The third kappa shape index (κ3) is 5.80. The van der Waals surface area contributed by atoms with Crippen molar-refractivity contribution in [3.8, 4) is 17.2 Å². The summed E-state index contributed by atoms with van der Waals surface area (Å²) in [6.45, 7) is 0.236. The van der Waals surface area contributed by atoms with E-state index in [1.807, 2.05) is 18.2 Å². The number of para-hydroxylation sites is 2. The van der Waals surface area contributed by atoms with E-state index in [2.05, 4.69) is 15.3 Å². The van der Waals surface area contributed by atoms with Crippen molar-refractivity contribution in [3.05, 3.63) is 82.3 Å². The van der Waals surface area contributed by atoms with Gasteiger partial charge in [0.1, 0.15) is 18.2 Å². The number of aromatic hydroxyl groups is 1. The first kappa shape index (κ1) is 24.7. The molecule has 2 amide bonds. The van der Waals surface area contributed by atoms with Gasteiger partial charge in [-0.3, -0.25) is 14.4 Å². The summed E-state index contributed by atoms with van der Waals surface area (Å²) in [5, 5.41) is 12.7. The molecule has 0 spiro atoms. The Morgan fingerprint density at radius 3 is 2.67 bits per heavy atom. The quantitative estimate of drug-likeness (QED) is 0.387. The summed E-state index contributed by atoms with van der Waals surface area (Å²) < 4.78 is 24.6. The van der Waals surface area contributed by atoms with Crippen LogP contribution in [0.2, 0.25) is 0 Å². The lowest BCUT2D eigenvalue weighted by Crippen LogP contribution is -2.36. The van der Waals surface area contributed by atoms with E-state index in [0.717, 1.165) is 0 Å². The first-order chi connectivity index (χ1) is 17.4. The lowest BCUT2D eigenvalue weighted by atomic mass is 10.2. The molecule has 0 unspecified atom stereocenters. The number of benzene rings is 2.